The van der Waals surface area contributed by atoms with E-state index in [1.807, 2.05) is 45.1 Å². The Balaban J connectivity index is 0.000000606. The Bertz CT molecular complexity index is 413. The molecule has 1 aliphatic rings. The van der Waals surface area contributed by atoms with Gasteiger partial charge in [0.1, 0.15) is 0 Å². The predicted octanol–water partition coefficient (Wildman–Crippen LogP) is 3.73. The van der Waals surface area contributed by atoms with Crippen LogP contribution >= 0.6 is 0 Å². The predicted molar refractivity (Wildman–Crippen MR) is 70.3 cm³/mol. The van der Waals surface area contributed by atoms with Crippen molar-refractivity contribution in [1.29, 1.82) is 0 Å². The Morgan fingerprint density at radius 1 is 1.12 bits per heavy atom. The fraction of sp³-hybridized carbons (Fsp3) is 0.333. The SMILES string of the molecule is CC.CC1=C(c2cccc(C)c2)C(O)C=C1. The van der Waals surface area contributed by atoms with Crippen LogP contribution in [-0.4, -0.2) is 11.2 Å². The van der Waals surface area contributed by atoms with Crippen molar-refractivity contribution in [3.05, 3.63) is 53.1 Å². The molecule has 0 aliphatic heterocycles. The summed E-state index contributed by atoms with van der Waals surface area (Å²) in [4.78, 5) is 0. The van der Waals surface area contributed by atoms with Crippen LogP contribution < -0.4 is 0 Å². The molecule has 1 atom stereocenters. The normalized spacial score (nSPS) is 18.4. The molecule has 1 aromatic carbocycles. The minimum Gasteiger partial charge on any atom is -0.384 e. The summed E-state index contributed by atoms with van der Waals surface area (Å²) in [7, 11) is 0. The van der Waals surface area contributed by atoms with Gasteiger partial charge in [-0.3, -0.25) is 0 Å². The maximum absolute atomic E-state index is 9.76. The lowest BCUT2D eigenvalue weighted by Crippen LogP contribution is -2.03. The number of aryl methyl sites for hydroxylation is 1. The van der Waals surface area contributed by atoms with E-state index in [1.165, 1.54) is 5.56 Å². The molecule has 0 saturated carbocycles. The maximum atomic E-state index is 9.76. The fourth-order valence-electron chi connectivity index (χ4n) is 1.87. The standard InChI is InChI=1S/C13H14O.C2H6/c1-9-4-3-5-11(8-9)13-10(2)6-7-12(13)14;1-2/h3-8,12,14H,1-2H3;1-2H3. The number of aliphatic hydroxyl groups is 1. The Morgan fingerprint density at radius 3 is 2.31 bits per heavy atom. The number of rotatable bonds is 1. The number of hydrogen-bond acceptors (Lipinski definition) is 1. The monoisotopic (exact) mass is 216 g/mol. The highest BCUT2D eigenvalue weighted by atomic mass is 16.3. The first-order valence-electron chi connectivity index (χ1n) is 5.82. The van der Waals surface area contributed by atoms with Crippen LogP contribution in [0.3, 0.4) is 0 Å². The van der Waals surface area contributed by atoms with E-state index in [2.05, 4.69) is 19.1 Å². The molecule has 1 aromatic rings. The van der Waals surface area contributed by atoms with Gasteiger partial charge < -0.3 is 5.11 Å². The summed E-state index contributed by atoms with van der Waals surface area (Å²) < 4.78 is 0. The Morgan fingerprint density at radius 2 is 1.81 bits per heavy atom. The van der Waals surface area contributed by atoms with Gasteiger partial charge in [-0.2, -0.15) is 0 Å². The zero-order valence-electron chi connectivity index (χ0n) is 10.5. The second kappa shape index (κ2) is 5.66. The molecule has 0 spiro atoms. The molecule has 2 rings (SSSR count). The van der Waals surface area contributed by atoms with E-state index in [4.69, 9.17) is 0 Å². The summed E-state index contributed by atoms with van der Waals surface area (Å²) in [6, 6.07) is 8.24. The van der Waals surface area contributed by atoms with Crippen LogP contribution in [0.1, 0.15) is 31.9 Å². The van der Waals surface area contributed by atoms with E-state index in [0.29, 0.717) is 0 Å². The molecule has 0 aromatic heterocycles. The van der Waals surface area contributed by atoms with E-state index < -0.39 is 6.10 Å². The lowest BCUT2D eigenvalue weighted by Gasteiger charge is -2.10. The maximum Gasteiger partial charge on any atom is 0.0983 e. The van der Waals surface area contributed by atoms with E-state index >= 15 is 0 Å². The second-order valence-electron chi connectivity index (χ2n) is 3.77. The minimum atomic E-state index is -0.434. The van der Waals surface area contributed by atoms with Gasteiger partial charge in [-0.15, -0.1) is 0 Å². The number of benzene rings is 1. The zero-order chi connectivity index (χ0) is 12.1. The third-order valence-corrected chi connectivity index (χ3v) is 2.58. The highest BCUT2D eigenvalue weighted by Gasteiger charge is 2.16. The summed E-state index contributed by atoms with van der Waals surface area (Å²) in [5.41, 5.74) is 4.54. The molecule has 0 bridgehead atoms. The van der Waals surface area contributed by atoms with Crippen LogP contribution in [-0.2, 0) is 0 Å². The molecule has 1 aliphatic carbocycles. The van der Waals surface area contributed by atoms with Crippen LogP contribution in [0.4, 0.5) is 0 Å². The highest BCUT2D eigenvalue weighted by Crippen LogP contribution is 2.29. The Labute approximate surface area is 98.1 Å². The van der Waals surface area contributed by atoms with E-state index in [0.717, 1.165) is 16.7 Å². The first-order chi connectivity index (χ1) is 7.68. The molecule has 0 radical (unpaired) electrons. The van der Waals surface area contributed by atoms with Crippen LogP contribution in [0.2, 0.25) is 0 Å². The largest absolute Gasteiger partial charge is 0.384 e. The summed E-state index contributed by atoms with van der Waals surface area (Å²) in [5.74, 6) is 0. The molecule has 1 nitrogen and oxygen atoms in total. The molecule has 1 N–H and O–H groups in total. The van der Waals surface area contributed by atoms with E-state index in [9.17, 15) is 5.11 Å². The molecule has 1 unspecified atom stereocenters. The number of allylic oxidation sites excluding steroid dienone is 2. The summed E-state index contributed by atoms with van der Waals surface area (Å²) in [5, 5.41) is 9.76. The summed E-state index contributed by atoms with van der Waals surface area (Å²) in [6.07, 6.45) is 3.37. The molecule has 16 heavy (non-hydrogen) atoms. The third kappa shape index (κ3) is 2.61. The van der Waals surface area contributed by atoms with Crippen molar-refractivity contribution >= 4 is 5.57 Å². The zero-order valence-corrected chi connectivity index (χ0v) is 10.5. The van der Waals surface area contributed by atoms with E-state index in [-0.39, 0.29) is 0 Å². The number of aliphatic hydroxyl groups excluding tert-OH is 1. The van der Waals surface area contributed by atoms with Gasteiger partial charge in [0.25, 0.3) is 0 Å². The van der Waals surface area contributed by atoms with Crippen LogP contribution in [0.15, 0.2) is 42.0 Å². The molecule has 0 fully saturated rings. The van der Waals surface area contributed by atoms with Gasteiger partial charge in [-0.05, 0) is 30.6 Å². The van der Waals surface area contributed by atoms with E-state index in [1.54, 1.807) is 0 Å². The lowest BCUT2D eigenvalue weighted by atomic mass is 9.99. The first-order valence-corrected chi connectivity index (χ1v) is 5.82. The first kappa shape index (κ1) is 12.7. The van der Waals surface area contributed by atoms with Gasteiger partial charge >= 0.3 is 0 Å². The number of hydrogen-bond donors (Lipinski definition) is 1. The quantitative estimate of drug-likeness (QED) is 0.758. The van der Waals surface area contributed by atoms with Crippen molar-refractivity contribution in [3.8, 4) is 0 Å². The molecular weight excluding hydrogens is 196 g/mol. The van der Waals surface area contributed by atoms with Gasteiger partial charge in [-0.25, -0.2) is 0 Å². The van der Waals surface area contributed by atoms with Crippen LogP contribution in [0, 0.1) is 6.92 Å². The second-order valence-corrected chi connectivity index (χ2v) is 3.77. The van der Waals surface area contributed by atoms with Crippen molar-refractivity contribution in [2.45, 2.75) is 33.8 Å². The lowest BCUT2D eigenvalue weighted by molar-refractivity contribution is 0.282. The Hall–Kier alpha value is -1.34. The van der Waals surface area contributed by atoms with Crippen LogP contribution in [0.25, 0.3) is 5.57 Å². The fourth-order valence-corrected chi connectivity index (χ4v) is 1.87. The third-order valence-electron chi connectivity index (χ3n) is 2.58. The Kier molecular flexibility index (Phi) is 4.51. The molecule has 0 saturated heterocycles. The van der Waals surface area contributed by atoms with Crippen molar-refractivity contribution in [1.82, 2.24) is 0 Å². The van der Waals surface area contributed by atoms with Crippen molar-refractivity contribution in [2.75, 3.05) is 0 Å². The van der Waals surface area contributed by atoms with Crippen molar-refractivity contribution in [3.63, 3.8) is 0 Å². The average molecular weight is 216 g/mol. The van der Waals surface area contributed by atoms with Crippen LogP contribution in [0.5, 0.6) is 0 Å². The van der Waals surface area contributed by atoms with Crippen molar-refractivity contribution in [2.24, 2.45) is 0 Å². The van der Waals surface area contributed by atoms with Crippen molar-refractivity contribution < 1.29 is 5.11 Å². The van der Waals surface area contributed by atoms with Gasteiger partial charge in [0.15, 0.2) is 0 Å². The van der Waals surface area contributed by atoms with Gasteiger partial charge in [-0.1, -0.05) is 55.8 Å². The minimum absolute atomic E-state index is 0.434. The molecule has 1 heteroatoms. The molecule has 86 valence electrons. The molecular formula is C15H20O. The summed E-state index contributed by atoms with van der Waals surface area (Å²) >= 11 is 0. The highest BCUT2D eigenvalue weighted by molar-refractivity contribution is 5.78. The van der Waals surface area contributed by atoms with Gasteiger partial charge in [0, 0.05) is 0 Å². The van der Waals surface area contributed by atoms with Gasteiger partial charge in [0.2, 0.25) is 0 Å². The average Bonchev–Trinajstić information content (AvgIpc) is 2.61. The topological polar surface area (TPSA) is 20.2 Å². The smallest absolute Gasteiger partial charge is 0.0983 e. The molecule has 0 amide bonds. The van der Waals surface area contributed by atoms with Gasteiger partial charge in [0.05, 0.1) is 6.10 Å². The molecule has 0 heterocycles. The summed E-state index contributed by atoms with van der Waals surface area (Å²) in [6.45, 7) is 8.10.